The Morgan fingerprint density at radius 1 is 0.438 bits per heavy atom. The van der Waals surface area contributed by atoms with Gasteiger partial charge in [-0.1, -0.05) is 263 Å². The third-order valence-electron chi connectivity index (χ3n) is 13.3. The van der Waals surface area contributed by atoms with Crippen molar-refractivity contribution in [1.29, 1.82) is 0 Å². The molecule has 0 aromatic rings. The van der Waals surface area contributed by atoms with Crippen LogP contribution < -0.4 is 5.32 Å². The summed E-state index contributed by atoms with van der Waals surface area (Å²) < 4.78 is 5.46. The normalized spacial score (nSPS) is 12.8. The van der Waals surface area contributed by atoms with Gasteiger partial charge in [-0.25, -0.2) is 0 Å². The molecule has 2 atom stereocenters. The van der Waals surface area contributed by atoms with Crippen molar-refractivity contribution < 1.29 is 24.5 Å². The van der Waals surface area contributed by atoms with Gasteiger partial charge in [0.2, 0.25) is 5.91 Å². The van der Waals surface area contributed by atoms with Gasteiger partial charge in [0, 0.05) is 12.8 Å². The highest BCUT2D eigenvalue weighted by molar-refractivity contribution is 5.76. The van der Waals surface area contributed by atoms with E-state index in [2.05, 4.69) is 43.5 Å². The van der Waals surface area contributed by atoms with Crippen molar-refractivity contribution in [3.63, 3.8) is 0 Å². The Hall–Kier alpha value is -1.66. The van der Waals surface area contributed by atoms with Gasteiger partial charge < -0.3 is 20.3 Å². The van der Waals surface area contributed by atoms with Crippen LogP contribution in [0.4, 0.5) is 0 Å². The summed E-state index contributed by atoms with van der Waals surface area (Å²) in [5, 5.41) is 23.3. The van der Waals surface area contributed by atoms with Gasteiger partial charge in [0.15, 0.2) is 0 Å². The van der Waals surface area contributed by atoms with Gasteiger partial charge in [-0.15, -0.1) is 0 Å². The minimum absolute atomic E-state index is 0.0157. The largest absolute Gasteiger partial charge is 0.466 e. The van der Waals surface area contributed by atoms with E-state index in [0.29, 0.717) is 25.9 Å². The summed E-state index contributed by atoms with van der Waals surface area (Å²) in [5.41, 5.74) is 0. The zero-order valence-electron chi connectivity index (χ0n) is 43.0. The Bertz CT molecular complexity index is 997. The Kier molecular flexibility index (Phi) is 52.6. The lowest BCUT2D eigenvalue weighted by Crippen LogP contribution is -2.45. The van der Waals surface area contributed by atoms with Crippen LogP contribution in [0.5, 0.6) is 0 Å². The standard InChI is InChI=1S/C58H111NO5/c1-3-5-7-9-11-13-15-17-19-20-21-23-26-30-34-38-42-46-50-56(61)55(54-60)59-57(62)51-47-43-39-35-31-27-24-25-29-33-37-41-45-49-53-64-58(63)52-48-44-40-36-32-28-22-18-16-14-12-10-8-6-4-2/h12,14,18,22,55-56,60-61H,3-11,13,15-17,19-21,23-54H2,1-2H3,(H,59,62)/b14-12-,22-18-. The molecule has 0 aromatic heterocycles. The van der Waals surface area contributed by atoms with Crippen LogP contribution in [0.3, 0.4) is 0 Å². The number of hydrogen-bond acceptors (Lipinski definition) is 5. The van der Waals surface area contributed by atoms with Crippen molar-refractivity contribution in [2.75, 3.05) is 13.2 Å². The quantitative estimate of drug-likeness (QED) is 0.0321. The first kappa shape index (κ1) is 62.3. The summed E-state index contributed by atoms with van der Waals surface area (Å²) in [5.74, 6) is -0.0597. The fourth-order valence-corrected chi connectivity index (χ4v) is 8.85. The second-order valence-corrected chi connectivity index (χ2v) is 19.6. The van der Waals surface area contributed by atoms with Crippen molar-refractivity contribution in [2.45, 2.75) is 321 Å². The molecule has 0 radical (unpaired) electrons. The Morgan fingerprint density at radius 2 is 0.781 bits per heavy atom. The van der Waals surface area contributed by atoms with E-state index < -0.39 is 12.1 Å². The molecule has 0 saturated carbocycles. The number of amides is 1. The number of rotatable bonds is 53. The smallest absolute Gasteiger partial charge is 0.305 e. The minimum Gasteiger partial charge on any atom is -0.466 e. The predicted molar refractivity (Wildman–Crippen MR) is 278 cm³/mol. The molecule has 3 N–H and O–H groups in total. The topological polar surface area (TPSA) is 95.9 Å². The van der Waals surface area contributed by atoms with Crippen LogP contribution in [0.1, 0.15) is 309 Å². The molecule has 6 heteroatoms. The lowest BCUT2D eigenvalue weighted by molar-refractivity contribution is -0.143. The van der Waals surface area contributed by atoms with Gasteiger partial charge in [0.05, 0.1) is 25.4 Å². The molecule has 0 bridgehead atoms. The SMILES string of the molecule is CCCCC/C=C\C/C=C\CCCCCCCC(=O)OCCCCCCCCCCCCCCCCC(=O)NC(CO)C(O)CCCCCCCCCCCCCCCCCCCC. The van der Waals surface area contributed by atoms with Gasteiger partial charge in [-0.05, 0) is 57.8 Å². The molecule has 0 rings (SSSR count). The lowest BCUT2D eigenvalue weighted by atomic mass is 10.0. The Balaban J connectivity index is 3.45. The maximum Gasteiger partial charge on any atom is 0.305 e. The van der Waals surface area contributed by atoms with Gasteiger partial charge in [-0.2, -0.15) is 0 Å². The number of ether oxygens (including phenoxy) is 1. The van der Waals surface area contributed by atoms with Crippen molar-refractivity contribution in [2.24, 2.45) is 0 Å². The van der Waals surface area contributed by atoms with Gasteiger partial charge in [-0.3, -0.25) is 9.59 Å². The molecule has 378 valence electrons. The number of unbranched alkanes of at least 4 members (excludes halogenated alkanes) is 38. The molecular weight excluding hydrogens is 791 g/mol. The molecule has 64 heavy (non-hydrogen) atoms. The van der Waals surface area contributed by atoms with Crippen LogP contribution in [0, 0.1) is 0 Å². The Morgan fingerprint density at radius 3 is 1.22 bits per heavy atom. The molecule has 0 aromatic carbocycles. The zero-order chi connectivity index (χ0) is 46.5. The summed E-state index contributed by atoms with van der Waals surface area (Å²) in [4.78, 5) is 24.5. The zero-order valence-corrected chi connectivity index (χ0v) is 43.0. The van der Waals surface area contributed by atoms with Crippen LogP contribution in [-0.2, 0) is 14.3 Å². The number of carbonyl (C=O) groups is 2. The molecule has 0 spiro atoms. The summed E-state index contributed by atoms with van der Waals surface area (Å²) >= 11 is 0. The van der Waals surface area contributed by atoms with E-state index >= 15 is 0 Å². The van der Waals surface area contributed by atoms with Crippen LogP contribution in [0.2, 0.25) is 0 Å². The van der Waals surface area contributed by atoms with E-state index in [1.54, 1.807) is 0 Å². The van der Waals surface area contributed by atoms with Crippen LogP contribution in [-0.4, -0.2) is 47.4 Å². The number of esters is 1. The molecule has 0 aliphatic carbocycles. The highest BCUT2D eigenvalue weighted by Gasteiger charge is 2.20. The molecule has 0 fully saturated rings. The van der Waals surface area contributed by atoms with Crippen LogP contribution in [0.15, 0.2) is 24.3 Å². The number of nitrogens with one attached hydrogen (secondary N) is 1. The van der Waals surface area contributed by atoms with E-state index in [4.69, 9.17) is 4.74 Å². The average molecular weight is 903 g/mol. The van der Waals surface area contributed by atoms with E-state index in [0.717, 1.165) is 57.8 Å². The first-order valence-corrected chi connectivity index (χ1v) is 28.6. The summed E-state index contributed by atoms with van der Waals surface area (Å²) in [6.45, 7) is 4.91. The number of carbonyl (C=O) groups excluding carboxylic acids is 2. The third kappa shape index (κ3) is 49.8. The molecule has 0 aliphatic rings. The van der Waals surface area contributed by atoms with E-state index in [1.165, 1.54) is 218 Å². The van der Waals surface area contributed by atoms with E-state index in [9.17, 15) is 19.8 Å². The van der Waals surface area contributed by atoms with Crippen molar-refractivity contribution in [3.05, 3.63) is 24.3 Å². The molecular formula is C58H111NO5. The molecule has 0 aliphatic heterocycles. The molecule has 1 amide bonds. The summed E-state index contributed by atoms with van der Waals surface area (Å²) in [6, 6.07) is -0.550. The number of aliphatic hydroxyl groups excluding tert-OH is 2. The first-order valence-electron chi connectivity index (χ1n) is 28.6. The molecule has 0 heterocycles. The average Bonchev–Trinajstić information content (AvgIpc) is 3.29. The number of allylic oxidation sites excluding steroid dienone is 4. The van der Waals surface area contributed by atoms with E-state index in [-0.39, 0.29) is 18.5 Å². The predicted octanol–water partition coefficient (Wildman–Crippen LogP) is 17.5. The van der Waals surface area contributed by atoms with Gasteiger partial charge in [0.1, 0.15) is 0 Å². The van der Waals surface area contributed by atoms with Gasteiger partial charge >= 0.3 is 5.97 Å². The van der Waals surface area contributed by atoms with Crippen molar-refractivity contribution in [1.82, 2.24) is 5.32 Å². The maximum absolute atomic E-state index is 12.5. The first-order chi connectivity index (χ1) is 31.5. The highest BCUT2D eigenvalue weighted by Crippen LogP contribution is 2.17. The number of hydrogen-bond donors (Lipinski definition) is 3. The fraction of sp³-hybridized carbons (Fsp3) is 0.897. The minimum atomic E-state index is -0.672. The Labute approximate surface area is 399 Å². The second kappa shape index (κ2) is 54.0. The second-order valence-electron chi connectivity index (χ2n) is 19.6. The van der Waals surface area contributed by atoms with Crippen LogP contribution in [0.25, 0.3) is 0 Å². The van der Waals surface area contributed by atoms with Crippen molar-refractivity contribution in [3.8, 4) is 0 Å². The monoisotopic (exact) mass is 902 g/mol. The molecule has 6 nitrogen and oxygen atoms in total. The summed E-state index contributed by atoms with van der Waals surface area (Å²) in [6.07, 6.45) is 64.4. The van der Waals surface area contributed by atoms with E-state index in [1.807, 2.05) is 0 Å². The number of aliphatic hydroxyl groups is 2. The lowest BCUT2D eigenvalue weighted by Gasteiger charge is -2.22. The highest BCUT2D eigenvalue weighted by atomic mass is 16.5. The van der Waals surface area contributed by atoms with Gasteiger partial charge in [0.25, 0.3) is 0 Å². The van der Waals surface area contributed by atoms with Crippen LogP contribution >= 0.6 is 0 Å². The summed E-state index contributed by atoms with van der Waals surface area (Å²) in [7, 11) is 0. The fourth-order valence-electron chi connectivity index (χ4n) is 8.85. The molecule has 2 unspecified atom stereocenters. The maximum atomic E-state index is 12.5. The third-order valence-corrected chi connectivity index (χ3v) is 13.3. The molecule has 0 saturated heterocycles. The van der Waals surface area contributed by atoms with Crippen molar-refractivity contribution >= 4 is 11.9 Å².